The molecule has 0 spiro atoms. The van der Waals surface area contributed by atoms with Gasteiger partial charge in [-0.25, -0.2) is 9.87 Å². The van der Waals surface area contributed by atoms with Gasteiger partial charge in [0.25, 0.3) is 11.8 Å². The number of halogens is 1. The molecule has 150 valence electrons. The number of pyridine rings is 1. The summed E-state index contributed by atoms with van der Waals surface area (Å²) < 4.78 is 13.4. The van der Waals surface area contributed by atoms with Crippen molar-refractivity contribution in [2.45, 2.75) is 6.42 Å². The highest BCUT2D eigenvalue weighted by Crippen LogP contribution is 2.33. The van der Waals surface area contributed by atoms with Gasteiger partial charge in [-0.2, -0.15) is 0 Å². The maximum absolute atomic E-state index is 13.5. The standard InChI is InChI=1S/C23H18FN3O3/c24-17-6-4-16(5-7-17)20(14-15-8-11-25-12-9-15)23(29)27-13-10-18-19(22(28)26-30)2-1-3-21(18)27/h1-9,11-12,14,30H,10,13H2,(H,26,28)/b20-14+. The summed E-state index contributed by atoms with van der Waals surface area (Å²) >= 11 is 0. The van der Waals surface area contributed by atoms with Crippen LogP contribution in [0.4, 0.5) is 10.1 Å². The number of nitrogens with one attached hydrogen (secondary N) is 1. The number of benzene rings is 2. The molecule has 6 nitrogen and oxygen atoms in total. The van der Waals surface area contributed by atoms with Gasteiger partial charge in [-0.15, -0.1) is 0 Å². The van der Waals surface area contributed by atoms with E-state index in [1.807, 2.05) is 0 Å². The van der Waals surface area contributed by atoms with Crippen molar-refractivity contribution < 1.29 is 19.2 Å². The van der Waals surface area contributed by atoms with Crippen LogP contribution in [-0.4, -0.2) is 28.6 Å². The van der Waals surface area contributed by atoms with Gasteiger partial charge in [0.2, 0.25) is 0 Å². The van der Waals surface area contributed by atoms with E-state index < -0.39 is 5.91 Å². The van der Waals surface area contributed by atoms with Crippen LogP contribution in [0.3, 0.4) is 0 Å². The molecule has 0 saturated carbocycles. The molecule has 1 aromatic heterocycles. The summed E-state index contributed by atoms with van der Waals surface area (Å²) in [6.07, 6.45) is 5.48. The van der Waals surface area contributed by atoms with Crippen molar-refractivity contribution in [1.29, 1.82) is 0 Å². The van der Waals surface area contributed by atoms with Crippen molar-refractivity contribution in [2.75, 3.05) is 11.4 Å². The fraction of sp³-hybridized carbons (Fsp3) is 0.0870. The molecule has 0 atom stereocenters. The van der Waals surface area contributed by atoms with Gasteiger partial charge in [0.15, 0.2) is 0 Å². The topological polar surface area (TPSA) is 82.5 Å². The minimum atomic E-state index is -0.618. The summed E-state index contributed by atoms with van der Waals surface area (Å²) in [6, 6.07) is 14.3. The van der Waals surface area contributed by atoms with E-state index in [1.165, 1.54) is 12.1 Å². The molecular weight excluding hydrogens is 385 g/mol. The first kappa shape index (κ1) is 19.5. The van der Waals surface area contributed by atoms with E-state index in [0.29, 0.717) is 40.9 Å². The van der Waals surface area contributed by atoms with Crippen LogP contribution in [-0.2, 0) is 11.2 Å². The molecule has 7 heteroatoms. The zero-order chi connectivity index (χ0) is 21.1. The van der Waals surface area contributed by atoms with Crippen LogP contribution < -0.4 is 10.4 Å². The van der Waals surface area contributed by atoms with Gasteiger partial charge in [-0.05, 0) is 65.6 Å². The zero-order valence-corrected chi connectivity index (χ0v) is 15.9. The molecule has 4 rings (SSSR count). The lowest BCUT2D eigenvalue weighted by Crippen LogP contribution is -2.29. The molecule has 0 saturated heterocycles. The molecule has 1 aliphatic heterocycles. The maximum Gasteiger partial charge on any atom is 0.274 e. The van der Waals surface area contributed by atoms with E-state index in [9.17, 15) is 14.0 Å². The van der Waals surface area contributed by atoms with Crippen molar-refractivity contribution in [3.63, 3.8) is 0 Å². The number of fused-ring (bicyclic) bond motifs is 1. The van der Waals surface area contributed by atoms with E-state index in [4.69, 9.17) is 5.21 Å². The van der Waals surface area contributed by atoms with Crippen molar-refractivity contribution in [3.8, 4) is 0 Å². The minimum absolute atomic E-state index is 0.265. The second kappa shape index (κ2) is 8.26. The third-order valence-corrected chi connectivity index (χ3v) is 5.02. The molecule has 0 bridgehead atoms. The quantitative estimate of drug-likeness (QED) is 0.397. The number of hydroxylamine groups is 1. The monoisotopic (exact) mass is 403 g/mol. The predicted molar refractivity (Wildman–Crippen MR) is 110 cm³/mol. The molecule has 0 unspecified atom stereocenters. The normalized spacial score (nSPS) is 13.1. The lowest BCUT2D eigenvalue weighted by atomic mass is 10.0. The SMILES string of the molecule is O=C(NO)c1cccc2c1CCN2C(=O)/C(=C/c1ccncc1)c1ccc(F)cc1. The zero-order valence-electron chi connectivity index (χ0n) is 15.9. The van der Waals surface area contributed by atoms with Crippen LogP contribution in [0.1, 0.15) is 27.0 Å². The lowest BCUT2D eigenvalue weighted by Gasteiger charge is -2.20. The van der Waals surface area contributed by atoms with E-state index in [-0.39, 0.29) is 11.7 Å². The molecule has 30 heavy (non-hydrogen) atoms. The van der Waals surface area contributed by atoms with Gasteiger partial charge in [0, 0.05) is 35.8 Å². The Morgan fingerprint density at radius 3 is 2.50 bits per heavy atom. The third-order valence-electron chi connectivity index (χ3n) is 5.02. The first-order valence-electron chi connectivity index (χ1n) is 9.34. The molecule has 2 heterocycles. The maximum atomic E-state index is 13.5. The Hall–Kier alpha value is -3.84. The number of aromatic nitrogens is 1. The number of hydrogen-bond acceptors (Lipinski definition) is 4. The number of amides is 2. The van der Waals surface area contributed by atoms with E-state index in [2.05, 4.69) is 4.98 Å². The Kier molecular flexibility index (Phi) is 5.36. The summed E-state index contributed by atoms with van der Waals surface area (Å²) in [5.74, 6) is -1.27. The van der Waals surface area contributed by atoms with Crippen molar-refractivity contribution in [2.24, 2.45) is 0 Å². The highest BCUT2D eigenvalue weighted by Gasteiger charge is 2.30. The number of hydrogen-bond donors (Lipinski definition) is 2. The van der Waals surface area contributed by atoms with E-state index in [1.54, 1.807) is 71.3 Å². The Balaban J connectivity index is 1.77. The second-order valence-electron chi connectivity index (χ2n) is 6.80. The van der Waals surface area contributed by atoms with Crippen LogP contribution >= 0.6 is 0 Å². The Bertz CT molecular complexity index is 1130. The Morgan fingerprint density at radius 2 is 1.80 bits per heavy atom. The molecule has 2 N–H and O–H groups in total. The van der Waals surface area contributed by atoms with Crippen LogP contribution in [0.15, 0.2) is 67.0 Å². The Labute approximate surface area is 172 Å². The van der Waals surface area contributed by atoms with E-state index >= 15 is 0 Å². The smallest absolute Gasteiger partial charge is 0.274 e. The van der Waals surface area contributed by atoms with Gasteiger partial charge < -0.3 is 4.90 Å². The van der Waals surface area contributed by atoms with Crippen molar-refractivity contribution in [3.05, 3.63) is 95.1 Å². The van der Waals surface area contributed by atoms with Crippen LogP contribution in [0.25, 0.3) is 11.6 Å². The van der Waals surface area contributed by atoms with Gasteiger partial charge in [-0.1, -0.05) is 18.2 Å². The Morgan fingerprint density at radius 1 is 1.07 bits per heavy atom. The van der Waals surface area contributed by atoms with Crippen molar-refractivity contribution >= 4 is 29.2 Å². The molecule has 3 aromatic rings. The first-order valence-corrected chi connectivity index (χ1v) is 9.34. The summed E-state index contributed by atoms with van der Waals surface area (Å²) in [5.41, 5.74) is 5.04. The molecule has 0 radical (unpaired) electrons. The summed E-state index contributed by atoms with van der Waals surface area (Å²) in [7, 11) is 0. The molecule has 2 aromatic carbocycles. The van der Waals surface area contributed by atoms with Crippen LogP contribution in [0.2, 0.25) is 0 Å². The van der Waals surface area contributed by atoms with Crippen LogP contribution in [0, 0.1) is 5.82 Å². The first-order chi connectivity index (χ1) is 14.6. The molecular formula is C23H18FN3O3. The third kappa shape index (κ3) is 3.70. The van der Waals surface area contributed by atoms with E-state index in [0.717, 1.165) is 5.56 Å². The largest absolute Gasteiger partial charge is 0.308 e. The highest BCUT2D eigenvalue weighted by atomic mass is 19.1. The van der Waals surface area contributed by atoms with Gasteiger partial charge >= 0.3 is 0 Å². The summed E-state index contributed by atoms with van der Waals surface area (Å²) in [6.45, 7) is 0.388. The summed E-state index contributed by atoms with van der Waals surface area (Å²) in [4.78, 5) is 31.1. The fourth-order valence-electron chi connectivity index (χ4n) is 3.59. The van der Waals surface area contributed by atoms with Gasteiger partial charge in [0.05, 0.1) is 0 Å². The van der Waals surface area contributed by atoms with Gasteiger partial charge in [-0.3, -0.25) is 19.8 Å². The number of anilines is 1. The van der Waals surface area contributed by atoms with Crippen molar-refractivity contribution in [1.82, 2.24) is 10.5 Å². The lowest BCUT2D eigenvalue weighted by molar-refractivity contribution is -0.113. The molecule has 1 aliphatic rings. The average Bonchev–Trinajstić information content (AvgIpc) is 3.22. The van der Waals surface area contributed by atoms with Gasteiger partial charge in [0.1, 0.15) is 5.82 Å². The number of carbonyl (C=O) groups is 2. The van der Waals surface area contributed by atoms with Crippen LogP contribution in [0.5, 0.6) is 0 Å². The molecule has 2 amide bonds. The summed E-state index contributed by atoms with van der Waals surface area (Å²) in [5, 5.41) is 8.99. The molecule has 0 aliphatic carbocycles. The number of nitrogens with zero attached hydrogens (tertiary/aromatic N) is 2. The number of rotatable bonds is 4. The number of carbonyl (C=O) groups excluding carboxylic acids is 2. The predicted octanol–water partition coefficient (Wildman–Crippen LogP) is 3.47. The molecule has 0 fully saturated rings. The minimum Gasteiger partial charge on any atom is -0.308 e. The average molecular weight is 403 g/mol. The fourth-order valence-corrected chi connectivity index (χ4v) is 3.59. The second-order valence-corrected chi connectivity index (χ2v) is 6.80. The highest BCUT2D eigenvalue weighted by molar-refractivity contribution is 6.30.